The van der Waals surface area contributed by atoms with Gasteiger partial charge in [0, 0.05) is 42.8 Å². The number of benzene rings is 1. The molecule has 0 radical (unpaired) electrons. The third-order valence-corrected chi connectivity index (χ3v) is 4.58. The van der Waals surface area contributed by atoms with Gasteiger partial charge in [-0.2, -0.15) is 13.2 Å². The number of piperazine rings is 1. The van der Waals surface area contributed by atoms with Crippen molar-refractivity contribution in [1.82, 2.24) is 10.2 Å². The number of hydrogen-bond acceptors (Lipinski definition) is 2. The molecule has 0 unspecified atom stereocenters. The fraction of sp³-hybridized carbons (Fsp3) is 0.538. The van der Waals surface area contributed by atoms with Gasteiger partial charge in [0.2, 0.25) is 0 Å². The second-order valence-electron chi connectivity index (χ2n) is 4.88. The number of hydrogen-bond donors (Lipinski definition) is 1. The first-order valence-electron chi connectivity index (χ1n) is 6.44. The quantitative estimate of drug-likeness (QED) is 0.642. The van der Waals surface area contributed by atoms with Crippen LogP contribution in [-0.4, -0.2) is 37.3 Å². The van der Waals surface area contributed by atoms with E-state index in [1.807, 2.05) is 0 Å². The lowest BCUT2D eigenvalue weighted by atomic mass is 10.0. The average Bonchev–Trinajstić information content (AvgIpc) is 2.42. The Labute approximate surface area is 160 Å². The molecule has 1 aromatic carbocycles. The van der Waals surface area contributed by atoms with Gasteiger partial charge in [-0.1, -0.05) is 34.8 Å². The number of nitrogens with one attached hydrogen (secondary N) is 1. The predicted octanol–water partition coefficient (Wildman–Crippen LogP) is 5.39. The minimum atomic E-state index is -4.31. The van der Waals surface area contributed by atoms with Crippen LogP contribution in [0.25, 0.3) is 0 Å². The molecule has 1 aromatic rings. The van der Waals surface area contributed by atoms with E-state index in [9.17, 15) is 13.2 Å². The molecule has 2 rings (SSSR count). The van der Waals surface area contributed by atoms with Crippen molar-refractivity contribution in [2.75, 3.05) is 26.2 Å². The van der Waals surface area contributed by atoms with Gasteiger partial charge in [-0.05, 0) is 12.1 Å². The van der Waals surface area contributed by atoms with Crippen molar-refractivity contribution >= 4 is 59.6 Å². The van der Waals surface area contributed by atoms with Crippen molar-refractivity contribution < 1.29 is 13.2 Å². The molecule has 1 saturated heterocycles. The van der Waals surface area contributed by atoms with Crippen molar-refractivity contribution in [2.24, 2.45) is 0 Å². The molecule has 0 saturated carbocycles. The van der Waals surface area contributed by atoms with Crippen molar-refractivity contribution in [3.8, 4) is 0 Å². The van der Waals surface area contributed by atoms with Crippen LogP contribution in [0.3, 0.4) is 0 Å². The monoisotopic (exact) mass is 432 g/mol. The Morgan fingerprint density at radius 1 is 1.04 bits per heavy atom. The largest absolute Gasteiger partial charge is 0.390 e. The molecule has 1 fully saturated rings. The Balaban J connectivity index is 0.00000242. The number of halogens is 8. The van der Waals surface area contributed by atoms with Crippen LogP contribution in [0, 0.1) is 0 Å². The molecule has 0 aliphatic carbocycles. The van der Waals surface area contributed by atoms with Crippen molar-refractivity contribution in [3.63, 3.8) is 0 Å². The third-order valence-electron chi connectivity index (χ3n) is 3.43. The van der Waals surface area contributed by atoms with Gasteiger partial charge in [-0.3, -0.25) is 4.90 Å². The van der Waals surface area contributed by atoms with Crippen molar-refractivity contribution in [2.45, 2.75) is 18.6 Å². The summed E-state index contributed by atoms with van der Waals surface area (Å²) in [5.74, 6) is 0. The molecule has 134 valence electrons. The smallest absolute Gasteiger partial charge is 0.314 e. The van der Waals surface area contributed by atoms with Crippen LogP contribution in [0.1, 0.15) is 18.0 Å². The highest BCUT2D eigenvalue weighted by molar-refractivity contribution is 6.44. The van der Waals surface area contributed by atoms with Crippen LogP contribution in [0.5, 0.6) is 0 Å². The van der Waals surface area contributed by atoms with Gasteiger partial charge in [0.05, 0.1) is 16.5 Å². The van der Waals surface area contributed by atoms with E-state index in [2.05, 4.69) is 5.32 Å². The van der Waals surface area contributed by atoms with E-state index >= 15 is 0 Å². The maximum Gasteiger partial charge on any atom is 0.390 e. The zero-order chi connectivity index (χ0) is 15.6. The Bertz CT molecular complexity index is 507. The highest BCUT2D eigenvalue weighted by atomic mass is 35.5. The first-order chi connectivity index (χ1) is 9.79. The molecule has 1 aliphatic heterocycles. The normalized spacial score (nSPS) is 17.1. The standard InChI is InChI=1S/C13H14Cl3F3N2.2ClH/c14-8-1-2-9(15)12(16)11(8)10(7-13(17,18)19)21-5-3-20-4-6-21;;/h1-2,10,20H,3-7H2;2*1H/t10-;;/m1../s1. The Kier molecular flexibility index (Phi) is 9.92. The first-order valence-corrected chi connectivity index (χ1v) is 7.58. The molecular formula is C13H16Cl5F3N2. The Hall–Kier alpha value is 0.380. The maximum atomic E-state index is 12.9. The summed E-state index contributed by atoms with van der Waals surface area (Å²) in [6.45, 7) is 2.26. The lowest BCUT2D eigenvalue weighted by Crippen LogP contribution is -2.46. The maximum absolute atomic E-state index is 12.9. The average molecular weight is 435 g/mol. The van der Waals surface area contributed by atoms with E-state index in [0.29, 0.717) is 26.2 Å². The van der Waals surface area contributed by atoms with Crippen LogP contribution in [0.2, 0.25) is 15.1 Å². The van der Waals surface area contributed by atoms with Gasteiger partial charge in [0.15, 0.2) is 0 Å². The van der Waals surface area contributed by atoms with E-state index in [0.717, 1.165) is 0 Å². The molecule has 0 bridgehead atoms. The highest BCUT2D eigenvalue weighted by Crippen LogP contribution is 2.42. The second kappa shape index (κ2) is 9.76. The van der Waals surface area contributed by atoms with Gasteiger partial charge in [-0.25, -0.2) is 0 Å². The molecule has 0 spiro atoms. The summed E-state index contributed by atoms with van der Waals surface area (Å²) < 4.78 is 38.8. The molecule has 0 amide bonds. The van der Waals surface area contributed by atoms with Crippen LogP contribution in [-0.2, 0) is 0 Å². The van der Waals surface area contributed by atoms with Crippen LogP contribution >= 0.6 is 59.6 Å². The van der Waals surface area contributed by atoms with E-state index in [1.54, 1.807) is 4.90 Å². The molecular weight excluding hydrogens is 418 g/mol. The highest BCUT2D eigenvalue weighted by Gasteiger charge is 2.38. The van der Waals surface area contributed by atoms with Gasteiger partial charge < -0.3 is 5.32 Å². The fourth-order valence-electron chi connectivity index (χ4n) is 2.47. The van der Waals surface area contributed by atoms with Crippen molar-refractivity contribution in [3.05, 3.63) is 32.8 Å². The van der Waals surface area contributed by atoms with E-state index in [1.165, 1.54) is 12.1 Å². The summed E-state index contributed by atoms with van der Waals surface area (Å²) in [7, 11) is 0. The second-order valence-corrected chi connectivity index (χ2v) is 6.07. The molecule has 1 N–H and O–H groups in total. The van der Waals surface area contributed by atoms with Crippen LogP contribution in [0.15, 0.2) is 12.1 Å². The van der Waals surface area contributed by atoms with E-state index in [-0.39, 0.29) is 45.4 Å². The molecule has 10 heteroatoms. The SMILES string of the molecule is Cl.Cl.FC(F)(F)C[C@H](c1c(Cl)ccc(Cl)c1Cl)N1CCNCC1. The van der Waals surface area contributed by atoms with Gasteiger partial charge in [-0.15, -0.1) is 24.8 Å². The number of rotatable bonds is 3. The van der Waals surface area contributed by atoms with Crippen molar-refractivity contribution in [1.29, 1.82) is 0 Å². The van der Waals surface area contributed by atoms with Crippen LogP contribution < -0.4 is 5.32 Å². The van der Waals surface area contributed by atoms with Gasteiger partial charge in [0.25, 0.3) is 0 Å². The molecule has 23 heavy (non-hydrogen) atoms. The topological polar surface area (TPSA) is 15.3 Å². The summed E-state index contributed by atoms with van der Waals surface area (Å²) >= 11 is 18.1. The molecule has 1 heterocycles. The fourth-order valence-corrected chi connectivity index (χ4v) is 3.26. The summed E-state index contributed by atoms with van der Waals surface area (Å²) in [4.78, 5) is 1.74. The lowest BCUT2D eigenvalue weighted by molar-refractivity contribution is -0.148. The van der Waals surface area contributed by atoms with Crippen LogP contribution in [0.4, 0.5) is 13.2 Å². The molecule has 0 aromatic heterocycles. The summed E-state index contributed by atoms with van der Waals surface area (Å²) in [5.41, 5.74) is 0.255. The zero-order valence-electron chi connectivity index (χ0n) is 11.8. The minimum absolute atomic E-state index is 0. The number of nitrogens with zero attached hydrogens (tertiary/aromatic N) is 1. The molecule has 1 aliphatic rings. The Morgan fingerprint density at radius 2 is 1.57 bits per heavy atom. The van der Waals surface area contributed by atoms with Gasteiger partial charge >= 0.3 is 6.18 Å². The zero-order valence-corrected chi connectivity index (χ0v) is 15.7. The summed E-state index contributed by atoms with van der Waals surface area (Å²) in [6, 6.07) is 2.04. The Morgan fingerprint density at radius 3 is 2.09 bits per heavy atom. The predicted molar refractivity (Wildman–Crippen MR) is 93.8 cm³/mol. The summed E-state index contributed by atoms with van der Waals surface area (Å²) in [6.07, 6.45) is -5.32. The van der Waals surface area contributed by atoms with E-state index < -0.39 is 18.6 Å². The first kappa shape index (κ1) is 23.4. The minimum Gasteiger partial charge on any atom is -0.314 e. The number of alkyl halides is 3. The lowest BCUT2D eigenvalue weighted by Gasteiger charge is -2.36. The molecule has 2 nitrogen and oxygen atoms in total. The van der Waals surface area contributed by atoms with Gasteiger partial charge in [0.1, 0.15) is 0 Å². The third kappa shape index (κ3) is 6.31. The molecule has 1 atom stereocenters. The van der Waals surface area contributed by atoms with E-state index in [4.69, 9.17) is 34.8 Å². The summed E-state index contributed by atoms with van der Waals surface area (Å²) in [5, 5.41) is 3.62.